The molecule has 2 aromatic heterocycles. The Hall–Kier alpha value is -2.18. The molecule has 1 amide bonds. The fourth-order valence-electron chi connectivity index (χ4n) is 1.99. The van der Waals surface area contributed by atoms with E-state index in [1.807, 2.05) is 30.3 Å². The largest absolute Gasteiger partial charge is 0.455 e. The highest BCUT2D eigenvalue weighted by atomic mass is 79.9. The summed E-state index contributed by atoms with van der Waals surface area (Å²) in [4.78, 5) is 16.5. The lowest BCUT2D eigenvalue weighted by molar-refractivity contribution is -0.115. The van der Waals surface area contributed by atoms with Crippen molar-refractivity contribution in [3.63, 3.8) is 0 Å². The van der Waals surface area contributed by atoms with E-state index in [2.05, 4.69) is 26.2 Å². The van der Waals surface area contributed by atoms with Gasteiger partial charge in [0, 0.05) is 34.1 Å². The van der Waals surface area contributed by atoms with Gasteiger partial charge in [-0.1, -0.05) is 15.9 Å². The molecular weight excluding hydrogens is 376 g/mol. The van der Waals surface area contributed by atoms with Crippen LogP contribution in [0.15, 0.2) is 53.3 Å². The van der Waals surface area contributed by atoms with Gasteiger partial charge in [0.1, 0.15) is 5.75 Å². The molecule has 6 heteroatoms. The highest BCUT2D eigenvalue weighted by molar-refractivity contribution is 9.10. The third-order valence-corrected chi connectivity index (χ3v) is 4.68. The monoisotopic (exact) mass is 388 g/mol. The molecule has 23 heavy (non-hydrogen) atoms. The molecule has 0 fully saturated rings. The number of nitrogens with one attached hydrogen (secondary N) is 1. The van der Waals surface area contributed by atoms with Crippen LogP contribution in [0.5, 0.6) is 11.5 Å². The molecule has 4 nitrogen and oxygen atoms in total. The van der Waals surface area contributed by atoms with Gasteiger partial charge in [-0.05, 0) is 36.4 Å². The molecule has 0 aliphatic carbocycles. The smallest absolute Gasteiger partial charge is 0.243 e. The molecule has 0 radical (unpaired) electrons. The van der Waals surface area contributed by atoms with E-state index in [1.165, 1.54) is 6.08 Å². The van der Waals surface area contributed by atoms with Gasteiger partial charge in [-0.2, -0.15) is 0 Å². The summed E-state index contributed by atoms with van der Waals surface area (Å²) >= 11 is 4.96. The lowest BCUT2D eigenvalue weighted by atomic mass is 10.2. The number of likely N-dealkylation sites (N-methyl/N-ethyl adjacent to an activating group) is 1. The first-order valence-electron chi connectivity index (χ1n) is 6.86. The van der Waals surface area contributed by atoms with Crippen LogP contribution in [0.4, 0.5) is 0 Å². The lowest BCUT2D eigenvalue weighted by Gasteiger charge is -2.06. The SMILES string of the molecule is CNC(=O)/C=C/c1cc2c(Oc3ccc(Br)cc3)cncc2s1. The quantitative estimate of drug-likeness (QED) is 0.663. The number of halogens is 1. The van der Waals surface area contributed by atoms with Crippen LogP contribution in [0.2, 0.25) is 0 Å². The zero-order valence-corrected chi connectivity index (χ0v) is 14.6. The van der Waals surface area contributed by atoms with Crippen LogP contribution in [0, 0.1) is 0 Å². The van der Waals surface area contributed by atoms with E-state index in [-0.39, 0.29) is 5.91 Å². The molecule has 0 saturated heterocycles. The molecule has 0 aliphatic heterocycles. The molecule has 0 bridgehead atoms. The zero-order chi connectivity index (χ0) is 16.2. The van der Waals surface area contributed by atoms with Crippen LogP contribution >= 0.6 is 27.3 Å². The summed E-state index contributed by atoms with van der Waals surface area (Å²) in [5.41, 5.74) is 0. The maximum absolute atomic E-state index is 11.3. The Labute approximate surface area is 145 Å². The maximum atomic E-state index is 11.3. The van der Waals surface area contributed by atoms with Gasteiger partial charge in [0.2, 0.25) is 5.91 Å². The normalized spacial score (nSPS) is 11.0. The minimum absolute atomic E-state index is 0.132. The second-order valence-corrected chi connectivity index (χ2v) is 6.73. The molecule has 1 N–H and O–H groups in total. The van der Waals surface area contributed by atoms with Gasteiger partial charge in [-0.3, -0.25) is 9.78 Å². The number of hydrogen-bond acceptors (Lipinski definition) is 4. The Bertz CT molecular complexity index is 872. The number of nitrogens with zero attached hydrogens (tertiary/aromatic N) is 1. The van der Waals surface area contributed by atoms with Crippen LogP contribution in [0.1, 0.15) is 4.88 Å². The molecule has 0 atom stereocenters. The highest BCUT2D eigenvalue weighted by Gasteiger charge is 2.08. The maximum Gasteiger partial charge on any atom is 0.243 e. The van der Waals surface area contributed by atoms with E-state index in [0.717, 1.165) is 25.2 Å². The average Bonchev–Trinajstić information content (AvgIpc) is 2.99. The summed E-state index contributed by atoms with van der Waals surface area (Å²) < 4.78 is 7.94. The Morgan fingerprint density at radius 2 is 2.09 bits per heavy atom. The van der Waals surface area contributed by atoms with Crippen molar-refractivity contribution in [3.05, 3.63) is 58.2 Å². The van der Waals surface area contributed by atoms with Crippen LogP contribution in [-0.2, 0) is 4.79 Å². The van der Waals surface area contributed by atoms with Gasteiger partial charge in [0.05, 0.1) is 10.9 Å². The molecule has 0 spiro atoms. The average molecular weight is 389 g/mol. The predicted molar refractivity (Wildman–Crippen MR) is 96.9 cm³/mol. The summed E-state index contributed by atoms with van der Waals surface area (Å²) in [7, 11) is 1.60. The first kappa shape index (κ1) is 15.7. The van der Waals surface area contributed by atoms with Crippen molar-refractivity contribution in [3.8, 4) is 11.5 Å². The zero-order valence-electron chi connectivity index (χ0n) is 12.2. The summed E-state index contributed by atoms with van der Waals surface area (Å²) in [6.45, 7) is 0. The number of thiophene rings is 1. The summed E-state index contributed by atoms with van der Waals surface area (Å²) in [5.74, 6) is 1.31. The van der Waals surface area contributed by atoms with Crippen LogP contribution < -0.4 is 10.1 Å². The highest BCUT2D eigenvalue weighted by Crippen LogP contribution is 2.35. The van der Waals surface area contributed by atoms with E-state index in [1.54, 1.807) is 36.9 Å². The number of fused-ring (bicyclic) bond motifs is 1. The number of aromatic nitrogens is 1. The number of amides is 1. The number of pyridine rings is 1. The van der Waals surface area contributed by atoms with Gasteiger partial charge in [-0.25, -0.2) is 0 Å². The van der Waals surface area contributed by atoms with Gasteiger partial charge in [0.25, 0.3) is 0 Å². The van der Waals surface area contributed by atoms with Gasteiger partial charge >= 0.3 is 0 Å². The minimum atomic E-state index is -0.132. The van der Waals surface area contributed by atoms with E-state index < -0.39 is 0 Å². The molecule has 0 saturated carbocycles. The van der Waals surface area contributed by atoms with Crippen LogP contribution in [0.3, 0.4) is 0 Å². The first-order valence-corrected chi connectivity index (χ1v) is 8.47. The lowest BCUT2D eigenvalue weighted by Crippen LogP contribution is -2.13. The Morgan fingerprint density at radius 1 is 1.30 bits per heavy atom. The number of rotatable bonds is 4. The second-order valence-electron chi connectivity index (χ2n) is 4.70. The van der Waals surface area contributed by atoms with Crippen molar-refractivity contribution in [2.45, 2.75) is 0 Å². The van der Waals surface area contributed by atoms with E-state index >= 15 is 0 Å². The molecule has 116 valence electrons. The summed E-state index contributed by atoms with van der Waals surface area (Å²) in [6.07, 6.45) is 6.79. The van der Waals surface area contributed by atoms with Crippen molar-refractivity contribution < 1.29 is 9.53 Å². The summed E-state index contributed by atoms with van der Waals surface area (Å²) in [6, 6.07) is 9.63. The van der Waals surface area contributed by atoms with Crippen LogP contribution in [0.25, 0.3) is 16.2 Å². The number of benzene rings is 1. The van der Waals surface area contributed by atoms with E-state index in [0.29, 0.717) is 5.75 Å². The van der Waals surface area contributed by atoms with Crippen LogP contribution in [-0.4, -0.2) is 17.9 Å². The second kappa shape index (κ2) is 6.93. The number of carbonyl (C=O) groups excluding carboxylic acids is 1. The molecule has 0 aliphatic rings. The van der Waals surface area contributed by atoms with Crippen molar-refractivity contribution >= 4 is 49.3 Å². The van der Waals surface area contributed by atoms with Crippen molar-refractivity contribution in [2.24, 2.45) is 0 Å². The third-order valence-electron chi connectivity index (χ3n) is 3.12. The predicted octanol–water partition coefficient (Wildman–Crippen LogP) is 4.61. The topological polar surface area (TPSA) is 51.2 Å². The standard InChI is InChI=1S/C17H13BrN2O2S/c1-19-17(21)7-6-13-8-14-15(9-20-10-16(14)23-13)22-12-4-2-11(18)3-5-12/h2-10H,1H3,(H,19,21)/b7-6+. The Morgan fingerprint density at radius 3 is 2.83 bits per heavy atom. The van der Waals surface area contributed by atoms with E-state index in [4.69, 9.17) is 4.74 Å². The molecule has 2 heterocycles. The molecular formula is C17H13BrN2O2S. The fourth-order valence-corrected chi connectivity index (χ4v) is 3.20. The summed E-state index contributed by atoms with van der Waals surface area (Å²) in [5, 5.41) is 3.53. The van der Waals surface area contributed by atoms with Gasteiger partial charge in [-0.15, -0.1) is 11.3 Å². The molecule has 1 aromatic carbocycles. The number of hydrogen-bond donors (Lipinski definition) is 1. The molecule has 0 unspecified atom stereocenters. The van der Waals surface area contributed by atoms with Crippen molar-refractivity contribution in [2.75, 3.05) is 7.05 Å². The van der Waals surface area contributed by atoms with E-state index in [9.17, 15) is 4.79 Å². The molecule has 3 rings (SSSR count). The third kappa shape index (κ3) is 3.78. The van der Waals surface area contributed by atoms with Gasteiger partial charge in [0.15, 0.2) is 5.75 Å². The number of carbonyl (C=O) groups is 1. The fraction of sp³-hybridized carbons (Fsp3) is 0.0588. The Kier molecular flexibility index (Phi) is 4.73. The van der Waals surface area contributed by atoms with Crippen molar-refractivity contribution in [1.29, 1.82) is 0 Å². The minimum Gasteiger partial charge on any atom is -0.455 e. The molecule has 3 aromatic rings. The van der Waals surface area contributed by atoms with Crippen molar-refractivity contribution in [1.82, 2.24) is 10.3 Å². The first-order chi connectivity index (χ1) is 11.2. The number of ether oxygens (including phenoxy) is 1. The Balaban J connectivity index is 1.92. The van der Waals surface area contributed by atoms with Gasteiger partial charge < -0.3 is 10.1 Å².